The summed E-state index contributed by atoms with van der Waals surface area (Å²) in [4.78, 5) is 0. The van der Waals surface area contributed by atoms with E-state index in [0.717, 1.165) is 21.2 Å². The molecule has 0 radical (unpaired) electrons. The molecule has 0 N–H and O–H groups in total. The molecule has 0 saturated heterocycles. The largest absolute Gasteiger partial charge is 0.268 e. The zero-order chi connectivity index (χ0) is 13.9. The SMILES string of the molecule is Fc1cccc(Cn2cc(-c3cccc(Br)c3)cn2)c1. The predicted octanol–water partition coefficient (Wildman–Crippen LogP) is 4.50. The Labute approximate surface area is 125 Å². The van der Waals surface area contributed by atoms with Crippen molar-refractivity contribution in [3.63, 3.8) is 0 Å². The van der Waals surface area contributed by atoms with Crippen molar-refractivity contribution >= 4 is 15.9 Å². The summed E-state index contributed by atoms with van der Waals surface area (Å²) in [6, 6.07) is 14.6. The third-order valence-corrected chi connectivity index (χ3v) is 3.52. The monoisotopic (exact) mass is 330 g/mol. The summed E-state index contributed by atoms with van der Waals surface area (Å²) in [6.07, 6.45) is 3.79. The van der Waals surface area contributed by atoms with E-state index in [1.54, 1.807) is 6.07 Å². The topological polar surface area (TPSA) is 17.8 Å². The van der Waals surface area contributed by atoms with Crippen LogP contribution in [0.4, 0.5) is 4.39 Å². The van der Waals surface area contributed by atoms with Crippen molar-refractivity contribution in [2.45, 2.75) is 6.54 Å². The number of hydrogen-bond donors (Lipinski definition) is 0. The van der Waals surface area contributed by atoms with Gasteiger partial charge < -0.3 is 0 Å². The number of halogens is 2. The molecule has 0 amide bonds. The molecular formula is C16H12BrFN2. The summed E-state index contributed by atoms with van der Waals surface area (Å²) in [6.45, 7) is 0.561. The predicted molar refractivity (Wildman–Crippen MR) is 80.9 cm³/mol. The molecule has 0 bridgehead atoms. The van der Waals surface area contributed by atoms with Gasteiger partial charge in [0.2, 0.25) is 0 Å². The number of hydrogen-bond acceptors (Lipinski definition) is 1. The third kappa shape index (κ3) is 2.96. The van der Waals surface area contributed by atoms with E-state index in [1.165, 1.54) is 12.1 Å². The van der Waals surface area contributed by atoms with Crippen LogP contribution in [-0.2, 0) is 6.54 Å². The summed E-state index contributed by atoms with van der Waals surface area (Å²) in [5.41, 5.74) is 3.04. The second-order valence-electron chi connectivity index (χ2n) is 4.57. The second kappa shape index (κ2) is 5.59. The lowest BCUT2D eigenvalue weighted by molar-refractivity contribution is 0.619. The minimum absolute atomic E-state index is 0.220. The highest BCUT2D eigenvalue weighted by molar-refractivity contribution is 9.10. The van der Waals surface area contributed by atoms with Crippen molar-refractivity contribution in [3.05, 3.63) is 76.8 Å². The zero-order valence-corrected chi connectivity index (χ0v) is 12.2. The molecule has 3 aromatic rings. The van der Waals surface area contributed by atoms with Crippen LogP contribution in [0.1, 0.15) is 5.56 Å². The molecule has 0 fully saturated rings. The lowest BCUT2D eigenvalue weighted by atomic mass is 10.1. The van der Waals surface area contributed by atoms with E-state index in [1.807, 2.05) is 47.4 Å². The Hall–Kier alpha value is -1.94. The lowest BCUT2D eigenvalue weighted by Crippen LogP contribution is -1.99. The van der Waals surface area contributed by atoms with E-state index in [-0.39, 0.29) is 5.82 Å². The van der Waals surface area contributed by atoms with Gasteiger partial charge in [0.1, 0.15) is 5.82 Å². The summed E-state index contributed by atoms with van der Waals surface area (Å²) in [5.74, 6) is -0.220. The molecule has 1 heterocycles. The number of rotatable bonds is 3. The first-order valence-corrected chi connectivity index (χ1v) is 7.03. The summed E-state index contributed by atoms with van der Waals surface area (Å²) < 4.78 is 16.0. The van der Waals surface area contributed by atoms with Crippen molar-refractivity contribution in [1.82, 2.24) is 9.78 Å². The fourth-order valence-corrected chi connectivity index (χ4v) is 2.49. The summed E-state index contributed by atoms with van der Waals surface area (Å²) in [5, 5.41) is 4.33. The molecule has 0 aliphatic heterocycles. The maximum Gasteiger partial charge on any atom is 0.123 e. The van der Waals surface area contributed by atoms with Crippen LogP contribution in [0.3, 0.4) is 0 Å². The van der Waals surface area contributed by atoms with Crippen LogP contribution < -0.4 is 0 Å². The van der Waals surface area contributed by atoms with Crippen LogP contribution in [-0.4, -0.2) is 9.78 Å². The van der Waals surface area contributed by atoms with Crippen LogP contribution in [0.2, 0.25) is 0 Å². The van der Waals surface area contributed by atoms with Gasteiger partial charge in [0, 0.05) is 16.2 Å². The van der Waals surface area contributed by atoms with Crippen molar-refractivity contribution < 1.29 is 4.39 Å². The van der Waals surface area contributed by atoms with Crippen molar-refractivity contribution in [2.75, 3.05) is 0 Å². The van der Waals surface area contributed by atoms with E-state index in [9.17, 15) is 4.39 Å². The maximum absolute atomic E-state index is 13.1. The average Bonchev–Trinajstić information content (AvgIpc) is 2.87. The quantitative estimate of drug-likeness (QED) is 0.691. The van der Waals surface area contributed by atoms with E-state index >= 15 is 0 Å². The van der Waals surface area contributed by atoms with Gasteiger partial charge in [-0.15, -0.1) is 0 Å². The second-order valence-corrected chi connectivity index (χ2v) is 5.48. The van der Waals surface area contributed by atoms with Gasteiger partial charge in [-0.05, 0) is 35.4 Å². The highest BCUT2D eigenvalue weighted by Crippen LogP contribution is 2.22. The highest BCUT2D eigenvalue weighted by atomic mass is 79.9. The van der Waals surface area contributed by atoms with Crippen molar-refractivity contribution in [2.24, 2.45) is 0 Å². The molecule has 0 aliphatic carbocycles. The minimum Gasteiger partial charge on any atom is -0.268 e. The maximum atomic E-state index is 13.1. The van der Waals surface area contributed by atoms with Gasteiger partial charge in [0.05, 0.1) is 12.7 Å². The van der Waals surface area contributed by atoms with E-state index in [0.29, 0.717) is 6.54 Å². The molecular weight excluding hydrogens is 319 g/mol. The standard InChI is InChI=1S/C16H12BrFN2/c17-15-5-2-4-13(8-15)14-9-19-20(11-14)10-12-3-1-6-16(18)7-12/h1-9,11H,10H2. The van der Waals surface area contributed by atoms with Crippen LogP contribution in [0.15, 0.2) is 65.4 Å². The molecule has 1 aromatic heterocycles. The Kier molecular flexibility index (Phi) is 3.65. The van der Waals surface area contributed by atoms with Gasteiger partial charge in [-0.25, -0.2) is 4.39 Å². The molecule has 3 rings (SSSR count). The Morgan fingerprint density at radius 1 is 1.05 bits per heavy atom. The molecule has 2 aromatic carbocycles. The molecule has 20 heavy (non-hydrogen) atoms. The summed E-state index contributed by atoms with van der Waals surface area (Å²) >= 11 is 3.46. The van der Waals surface area contributed by atoms with E-state index in [2.05, 4.69) is 21.0 Å². The van der Waals surface area contributed by atoms with Gasteiger partial charge in [0.25, 0.3) is 0 Å². The lowest BCUT2D eigenvalue weighted by Gasteiger charge is -2.02. The Morgan fingerprint density at radius 2 is 1.90 bits per heavy atom. The average molecular weight is 331 g/mol. The van der Waals surface area contributed by atoms with Gasteiger partial charge in [-0.1, -0.05) is 40.2 Å². The van der Waals surface area contributed by atoms with Gasteiger partial charge >= 0.3 is 0 Å². The van der Waals surface area contributed by atoms with Crippen LogP contribution in [0.25, 0.3) is 11.1 Å². The molecule has 0 atom stereocenters. The van der Waals surface area contributed by atoms with E-state index in [4.69, 9.17) is 0 Å². The minimum atomic E-state index is -0.220. The van der Waals surface area contributed by atoms with Gasteiger partial charge in [0.15, 0.2) is 0 Å². The normalized spacial score (nSPS) is 10.7. The fraction of sp³-hybridized carbons (Fsp3) is 0.0625. The highest BCUT2D eigenvalue weighted by Gasteiger charge is 2.03. The van der Waals surface area contributed by atoms with Crippen LogP contribution in [0, 0.1) is 5.82 Å². The number of benzene rings is 2. The first kappa shape index (κ1) is 13.1. The molecule has 0 saturated carbocycles. The third-order valence-electron chi connectivity index (χ3n) is 3.02. The van der Waals surface area contributed by atoms with Crippen molar-refractivity contribution in [3.8, 4) is 11.1 Å². The van der Waals surface area contributed by atoms with Gasteiger partial charge in [-0.2, -0.15) is 5.10 Å². The molecule has 4 heteroatoms. The molecule has 0 spiro atoms. The van der Waals surface area contributed by atoms with Crippen molar-refractivity contribution in [1.29, 1.82) is 0 Å². The Morgan fingerprint density at radius 3 is 2.70 bits per heavy atom. The fourth-order valence-electron chi connectivity index (χ4n) is 2.09. The summed E-state index contributed by atoms with van der Waals surface area (Å²) in [7, 11) is 0. The Balaban J connectivity index is 1.84. The number of aromatic nitrogens is 2. The zero-order valence-electron chi connectivity index (χ0n) is 10.6. The molecule has 100 valence electrons. The smallest absolute Gasteiger partial charge is 0.123 e. The first-order valence-electron chi connectivity index (χ1n) is 6.23. The molecule has 0 aliphatic rings. The first-order chi connectivity index (χ1) is 9.70. The van der Waals surface area contributed by atoms with Crippen LogP contribution in [0.5, 0.6) is 0 Å². The molecule has 0 unspecified atom stereocenters. The molecule has 2 nitrogen and oxygen atoms in total. The Bertz CT molecular complexity index is 737. The number of nitrogens with zero attached hydrogens (tertiary/aromatic N) is 2. The van der Waals surface area contributed by atoms with E-state index < -0.39 is 0 Å². The van der Waals surface area contributed by atoms with Crippen LogP contribution >= 0.6 is 15.9 Å². The van der Waals surface area contributed by atoms with Gasteiger partial charge in [-0.3, -0.25) is 4.68 Å².